The van der Waals surface area contributed by atoms with Crippen LogP contribution in [-0.2, 0) is 11.3 Å². The van der Waals surface area contributed by atoms with Gasteiger partial charge in [-0.15, -0.1) is 0 Å². The van der Waals surface area contributed by atoms with Gasteiger partial charge in [-0.3, -0.25) is 4.79 Å². The summed E-state index contributed by atoms with van der Waals surface area (Å²) in [7, 11) is 1.82. The molecule has 1 aromatic rings. The van der Waals surface area contributed by atoms with Crippen LogP contribution in [0.15, 0.2) is 24.3 Å². The molecule has 1 aromatic carbocycles. The van der Waals surface area contributed by atoms with Crippen LogP contribution in [0.25, 0.3) is 0 Å². The van der Waals surface area contributed by atoms with Gasteiger partial charge in [0.05, 0.1) is 6.04 Å². The van der Waals surface area contributed by atoms with Crippen molar-refractivity contribution in [1.29, 1.82) is 0 Å². The highest BCUT2D eigenvalue weighted by Gasteiger charge is 2.19. The molecule has 20 heavy (non-hydrogen) atoms. The molecule has 0 radical (unpaired) electrons. The number of nitrogens with two attached hydrogens (primary N) is 1. The molecular formula is C17H28N2O. The third-order valence-electron chi connectivity index (χ3n) is 3.48. The lowest BCUT2D eigenvalue weighted by Crippen LogP contribution is -2.42. The van der Waals surface area contributed by atoms with E-state index in [0.29, 0.717) is 18.4 Å². The van der Waals surface area contributed by atoms with Crippen molar-refractivity contribution < 1.29 is 4.79 Å². The van der Waals surface area contributed by atoms with Crippen molar-refractivity contribution in [1.82, 2.24) is 4.90 Å². The Morgan fingerprint density at radius 3 is 2.15 bits per heavy atom. The zero-order valence-electron chi connectivity index (χ0n) is 13.4. The van der Waals surface area contributed by atoms with Gasteiger partial charge < -0.3 is 10.6 Å². The molecule has 3 heteroatoms. The van der Waals surface area contributed by atoms with Crippen LogP contribution in [0.5, 0.6) is 0 Å². The van der Waals surface area contributed by atoms with E-state index in [4.69, 9.17) is 5.73 Å². The highest BCUT2D eigenvalue weighted by atomic mass is 16.2. The summed E-state index contributed by atoms with van der Waals surface area (Å²) in [5.74, 6) is 0.988. The molecule has 0 aliphatic heterocycles. The summed E-state index contributed by atoms with van der Waals surface area (Å²) in [6.07, 6.45) is 0.732. The number of benzene rings is 1. The second kappa shape index (κ2) is 7.44. The topological polar surface area (TPSA) is 46.3 Å². The van der Waals surface area contributed by atoms with Crippen LogP contribution in [0.1, 0.15) is 51.2 Å². The van der Waals surface area contributed by atoms with E-state index >= 15 is 0 Å². The molecule has 2 N–H and O–H groups in total. The van der Waals surface area contributed by atoms with E-state index < -0.39 is 6.04 Å². The fourth-order valence-electron chi connectivity index (χ4n) is 2.25. The Hall–Kier alpha value is -1.35. The molecule has 0 spiro atoms. The van der Waals surface area contributed by atoms with Crippen LogP contribution in [0, 0.1) is 5.92 Å². The molecule has 0 bridgehead atoms. The van der Waals surface area contributed by atoms with E-state index in [2.05, 4.69) is 52.0 Å². The lowest BCUT2D eigenvalue weighted by atomic mass is 10.0. The third-order valence-corrected chi connectivity index (χ3v) is 3.48. The predicted octanol–water partition coefficient (Wildman–Crippen LogP) is 3.14. The molecule has 1 amide bonds. The SMILES string of the molecule is CC(C)C[C@H](N)C(=O)N(C)Cc1ccc(C(C)C)cc1. The van der Waals surface area contributed by atoms with Crippen LogP contribution < -0.4 is 5.73 Å². The Balaban J connectivity index is 2.61. The fourth-order valence-corrected chi connectivity index (χ4v) is 2.25. The Morgan fingerprint density at radius 1 is 1.15 bits per heavy atom. The van der Waals surface area contributed by atoms with Crippen molar-refractivity contribution in [3.8, 4) is 0 Å². The highest BCUT2D eigenvalue weighted by Crippen LogP contribution is 2.15. The first-order chi connectivity index (χ1) is 9.31. The number of amides is 1. The summed E-state index contributed by atoms with van der Waals surface area (Å²) in [4.78, 5) is 13.9. The minimum atomic E-state index is -0.394. The van der Waals surface area contributed by atoms with Crippen LogP contribution in [0.2, 0.25) is 0 Å². The molecule has 112 valence electrons. The van der Waals surface area contributed by atoms with E-state index in [-0.39, 0.29) is 5.91 Å². The zero-order valence-corrected chi connectivity index (χ0v) is 13.4. The van der Waals surface area contributed by atoms with E-state index in [9.17, 15) is 4.79 Å². The third kappa shape index (κ3) is 4.97. The van der Waals surface area contributed by atoms with Crippen LogP contribution >= 0.6 is 0 Å². The molecule has 0 saturated carbocycles. The summed E-state index contributed by atoms with van der Waals surface area (Å²) in [6.45, 7) is 9.13. The first kappa shape index (κ1) is 16.7. The summed E-state index contributed by atoms with van der Waals surface area (Å²) in [6, 6.07) is 8.05. The van der Waals surface area contributed by atoms with Crippen molar-refractivity contribution in [3.05, 3.63) is 35.4 Å². The standard InChI is InChI=1S/C17H28N2O/c1-12(2)10-16(18)17(20)19(5)11-14-6-8-15(9-7-14)13(3)4/h6-9,12-13,16H,10-11,18H2,1-5H3/t16-/m0/s1. The Labute approximate surface area is 123 Å². The lowest BCUT2D eigenvalue weighted by molar-refractivity contribution is -0.132. The number of rotatable bonds is 6. The monoisotopic (exact) mass is 276 g/mol. The van der Waals surface area contributed by atoms with Gasteiger partial charge in [-0.2, -0.15) is 0 Å². The molecule has 0 aliphatic carbocycles. The second-order valence-electron chi connectivity index (χ2n) is 6.33. The maximum atomic E-state index is 12.2. The van der Waals surface area contributed by atoms with E-state index in [1.54, 1.807) is 4.90 Å². The number of hydrogen-bond acceptors (Lipinski definition) is 2. The van der Waals surface area contributed by atoms with Gasteiger partial charge in [-0.1, -0.05) is 52.0 Å². The highest BCUT2D eigenvalue weighted by molar-refractivity contribution is 5.81. The van der Waals surface area contributed by atoms with Crippen LogP contribution in [0.4, 0.5) is 0 Å². The first-order valence-electron chi connectivity index (χ1n) is 7.40. The number of carbonyl (C=O) groups is 1. The normalized spacial score (nSPS) is 12.8. The summed E-state index contributed by atoms with van der Waals surface area (Å²) < 4.78 is 0. The number of carbonyl (C=O) groups excluding carboxylic acids is 1. The molecule has 0 heterocycles. The molecule has 1 rings (SSSR count). The van der Waals surface area contributed by atoms with Gasteiger partial charge in [0.2, 0.25) is 5.91 Å². The van der Waals surface area contributed by atoms with Crippen molar-refractivity contribution in [2.75, 3.05) is 7.05 Å². The van der Waals surface area contributed by atoms with Crippen LogP contribution in [0.3, 0.4) is 0 Å². The van der Waals surface area contributed by atoms with Gasteiger partial charge in [0.15, 0.2) is 0 Å². The average Bonchev–Trinajstić information content (AvgIpc) is 2.37. The molecule has 0 saturated heterocycles. The summed E-state index contributed by atoms with van der Waals surface area (Å²) in [5.41, 5.74) is 8.40. The van der Waals surface area contributed by atoms with Gasteiger partial charge >= 0.3 is 0 Å². The number of likely N-dealkylation sites (N-methyl/N-ethyl adjacent to an activating group) is 1. The molecule has 0 aliphatic rings. The van der Waals surface area contributed by atoms with E-state index in [0.717, 1.165) is 12.0 Å². The predicted molar refractivity (Wildman–Crippen MR) is 84.4 cm³/mol. The van der Waals surface area contributed by atoms with Crippen molar-refractivity contribution in [3.63, 3.8) is 0 Å². The van der Waals surface area contributed by atoms with Gasteiger partial charge in [-0.25, -0.2) is 0 Å². The molecule has 1 atom stereocenters. The number of hydrogen-bond donors (Lipinski definition) is 1. The molecule has 0 unspecified atom stereocenters. The lowest BCUT2D eigenvalue weighted by Gasteiger charge is -2.22. The minimum Gasteiger partial charge on any atom is -0.340 e. The van der Waals surface area contributed by atoms with E-state index in [1.807, 2.05) is 7.05 Å². The summed E-state index contributed by atoms with van der Waals surface area (Å²) in [5, 5.41) is 0. The van der Waals surface area contributed by atoms with E-state index in [1.165, 1.54) is 5.56 Å². The van der Waals surface area contributed by atoms with Crippen molar-refractivity contribution >= 4 is 5.91 Å². The first-order valence-corrected chi connectivity index (χ1v) is 7.40. The van der Waals surface area contributed by atoms with Crippen LogP contribution in [-0.4, -0.2) is 23.9 Å². The Bertz CT molecular complexity index is 423. The smallest absolute Gasteiger partial charge is 0.239 e. The van der Waals surface area contributed by atoms with Gasteiger partial charge in [0, 0.05) is 13.6 Å². The number of nitrogens with zero attached hydrogens (tertiary/aromatic N) is 1. The Kier molecular flexibility index (Phi) is 6.21. The van der Waals surface area contributed by atoms with Gasteiger partial charge in [0.25, 0.3) is 0 Å². The average molecular weight is 276 g/mol. The zero-order chi connectivity index (χ0) is 15.3. The molecule has 3 nitrogen and oxygen atoms in total. The Morgan fingerprint density at radius 2 is 1.70 bits per heavy atom. The van der Waals surface area contributed by atoms with Gasteiger partial charge in [-0.05, 0) is 29.4 Å². The van der Waals surface area contributed by atoms with Crippen molar-refractivity contribution in [2.24, 2.45) is 11.7 Å². The quantitative estimate of drug-likeness (QED) is 0.867. The maximum absolute atomic E-state index is 12.2. The molecular weight excluding hydrogens is 248 g/mol. The molecule has 0 fully saturated rings. The largest absolute Gasteiger partial charge is 0.340 e. The minimum absolute atomic E-state index is 0.0200. The summed E-state index contributed by atoms with van der Waals surface area (Å²) >= 11 is 0. The van der Waals surface area contributed by atoms with Gasteiger partial charge in [0.1, 0.15) is 0 Å². The molecule has 0 aromatic heterocycles. The maximum Gasteiger partial charge on any atom is 0.239 e. The van der Waals surface area contributed by atoms with Crippen molar-refractivity contribution in [2.45, 2.75) is 52.6 Å². The fraction of sp³-hybridized carbons (Fsp3) is 0.588. The second-order valence-corrected chi connectivity index (χ2v) is 6.33.